The molecule has 94 valence electrons. The van der Waals surface area contributed by atoms with Gasteiger partial charge in [0.25, 0.3) is 0 Å². The molecule has 19 heavy (non-hydrogen) atoms. The predicted octanol–water partition coefficient (Wildman–Crippen LogP) is 4.11. The molecule has 0 fully saturated rings. The van der Waals surface area contributed by atoms with Crippen molar-refractivity contribution >= 4 is 28.5 Å². The summed E-state index contributed by atoms with van der Waals surface area (Å²) in [5.74, 6) is 1.47. The van der Waals surface area contributed by atoms with Crippen molar-refractivity contribution < 1.29 is 0 Å². The molecule has 0 amide bonds. The SMILES string of the molecule is Nc1nc2ccccc2cc1CSc1ccccc1. The van der Waals surface area contributed by atoms with E-state index in [0.29, 0.717) is 5.82 Å². The van der Waals surface area contributed by atoms with Crippen LogP contribution in [0.25, 0.3) is 10.9 Å². The average Bonchev–Trinajstić information content (AvgIpc) is 2.46. The van der Waals surface area contributed by atoms with Crippen LogP contribution in [0.1, 0.15) is 5.56 Å². The largest absolute Gasteiger partial charge is 0.383 e. The topological polar surface area (TPSA) is 38.9 Å². The third-order valence-electron chi connectivity index (χ3n) is 2.97. The zero-order valence-electron chi connectivity index (χ0n) is 10.4. The van der Waals surface area contributed by atoms with Crippen molar-refractivity contribution in [3.8, 4) is 0 Å². The van der Waals surface area contributed by atoms with Crippen LogP contribution >= 0.6 is 11.8 Å². The van der Waals surface area contributed by atoms with Gasteiger partial charge in [0, 0.05) is 21.6 Å². The number of nitrogen functional groups attached to an aromatic ring is 1. The zero-order valence-corrected chi connectivity index (χ0v) is 11.2. The van der Waals surface area contributed by atoms with Crippen LogP contribution in [-0.2, 0) is 5.75 Å². The van der Waals surface area contributed by atoms with Crippen LogP contribution in [-0.4, -0.2) is 4.98 Å². The lowest BCUT2D eigenvalue weighted by Crippen LogP contribution is -1.97. The van der Waals surface area contributed by atoms with Crippen LogP contribution in [0.5, 0.6) is 0 Å². The van der Waals surface area contributed by atoms with Crippen LogP contribution in [0.2, 0.25) is 0 Å². The summed E-state index contributed by atoms with van der Waals surface area (Å²) >= 11 is 1.78. The van der Waals surface area contributed by atoms with Crippen molar-refractivity contribution in [2.24, 2.45) is 0 Å². The maximum atomic E-state index is 6.03. The number of nitrogens with two attached hydrogens (primary N) is 1. The Morgan fingerprint density at radius 2 is 1.68 bits per heavy atom. The Kier molecular flexibility index (Phi) is 3.38. The minimum absolute atomic E-state index is 0.627. The zero-order chi connectivity index (χ0) is 13.1. The fourth-order valence-electron chi connectivity index (χ4n) is 1.97. The highest BCUT2D eigenvalue weighted by atomic mass is 32.2. The second kappa shape index (κ2) is 5.33. The van der Waals surface area contributed by atoms with E-state index in [4.69, 9.17) is 5.73 Å². The summed E-state index contributed by atoms with van der Waals surface area (Å²) < 4.78 is 0. The number of hydrogen-bond acceptors (Lipinski definition) is 3. The molecule has 1 aromatic heterocycles. The number of pyridine rings is 1. The predicted molar refractivity (Wildman–Crippen MR) is 82.2 cm³/mol. The highest BCUT2D eigenvalue weighted by Crippen LogP contribution is 2.26. The summed E-state index contributed by atoms with van der Waals surface area (Å²) in [5.41, 5.74) is 8.07. The van der Waals surface area contributed by atoms with Gasteiger partial charge in [-0.1, -0.05) is 36.4 Å². The van der Waals surface area contributed by atoms with Crippen molar-refractivity contribution in [3.63, 3.8) is 0 Å². The van der Waals surface area contributed by atoms with Gasteiger partial charge in [-0.3, -0.25) is 0 Å². The molecule has 3 aromatic rings. The first kappa shape index (κ1) is 12.1. The van der Waals surface area contributed by atoms with Crippen molar-refractivity contribution in [1.29, 1.82) is 0 Å². The van der Waals surface area contributed by atoms with Gasteiger partial charge in [-0.2, -0.15) is 0 Å². The first-order chi connectivity index (χ1) is 9.33. The maximum Gasteiger partial charge on any atom is 0.128 e. The van der Waals surface area contributed by atoms with Crippen LogP contribution < -0.4 is 5.73 Å². The smallest absolute Gasteiger partial charge is 0.128 e. The van der Waals surface area contributed by atoms with E-state index >= 15 is 0 Å². The number of hydrogen-bond donors (Lipinski definition) is 1. The normalized spacial score (nSPS) is 10.7. The third-order valence-corrected chi connectivity index (χ3v) is 4.03. The molecular formula is C16H14N2S. The number of aromatic nitrogens is 1. The van der Waals surface area contributed by atoms with E-state index in [-0.39, 0.29) is 0 Å². The number of anilines is 1. The molecule has 2 aromatic carbocycles. The number of rotatable bonds is 3. The van der Waals surface area contributed by atoms with E-state index in [1.54, 1.807) is 11.8 Å². The average molecular weight is 266 g/mol. The Balaban J connectivity index is 1.86. The van der Waals surface area contributed by atoms with E-state index in [2.05, 4.69) is 29.2 Å². The summed E-state index contributed by atoms with van der Waals surface area (Å²) in [4.78, 5) is 5.70. The highest BCUT2D eigenvalue weighted by Gasteiger charge is 2.04. The molecule has 0 spiro atoms. The Bertz CT molecular complexity index is 695. The van der Waals surface area contributed by atoms with Gasteiger partial charge < -0.3 is 5.73 Å². The van der Waals surface area contributed by atoms with Gasteiger partial charge >= 0.3 is 0 Å². The molecule has 1 heterocycles. The molecule has 2 N–H and O–H groups in total. The summed E-state index contributed by atoms with van der Waals surface area (Å²) in [7, 11) is 0. The standard InChI is InChI=1S/C16H14N2S/c17-16-13(11-19-14-7-2-1-3-8-14)10-12-6-4-5-9-15(12)18-16/h1-10H,11H2,(H2,17,18). The molecule has 0 radical (unpaired) electrons. The Hall–Kier alpha value is -2.00. The van der Waals surface area contributed by atoms with Crippen molar-refractivity contribution in [1.82, 2.24) is 4.98 Å². The van der Waals surface area contributed by atoms with Gasteiger partial charge in [-0.15, -0.1) is 11.8 Å². The van der Waals surface area contributed by atoms with Gasteiger partial charge in [0.1, 0.15) is 5.82 Å². The fourth-order valence-corrected chi connectivity index (χ4v) is 2.87. The van der Waals surface area contributed by atoms with E-state index in [9.17, 15) is 0 Å². The number of thioether (sulfide) groups is 1. The third kappa shape index (κ3) is 2.71. The molecule has 0 aliphatic heterocycles. The number of fused-ring (bicyclic) bond motifs is 1. The van der Waals surface area contributed by atoms with Crippen LogP contribution in [0.4, 0.5) is 5.82 Å². The van der Waals surface area contributed by atoms with E-state index in [1.165, 1.54) is 4.90 Å². The molecule has 0 atom stereocenters. The van der Waals surface area contributed by atoms with Gasteiger partial charge in [-0.25, -0.2) is 4.98 Å². The van der Waals surface area contributed by atoms with Crippen molar-refractivity contribution in [2.75, 3.05) is 5.73 Å². The number of benzene rings is 2. The minimum Gasteiger partial charge on any atom is -0.383 e. The Morgan fingerprint density at radius 3 is 2.53 bits per heavy atom. The molecule has 2 nitrogen and oxygen atoms in total. The summed E-state index contributed by atoms with van der Waals surface area (Å²) in [6.07, 6.45) is 0. The van der Waals surface area contributed by atoms with E-state index in [1.807, 2.05) is 36.4 Å². The molecule has 3 heteroatoms. The van der Waals surface area contributed by atoms with Crippen LogP contribution in [0.3, 0.4) is 0 Å². The molecule has 0 unspecified atom stereocenters. The molecule has 0 aliphatic carbocycles. The number of para-hydroxylation sites is 1. The molecule has 0 saturated heterocycles. The molecular weight excluding hydrogens is 252 g/mol. The summed E-state index contributed by atoms with van der Waals surface area (Å²) in [5, 5.41) is 1.14. The highest BCUT2D eigenvalue weighted by molar-refractivity contribution is 7.98. The second-order valence-corrected chi connectivity index (χ2v) is 5.38. The molecule has 3 rings (SSSR count). The Morgan fingerprint density at radius 1 is 0.947 bits per heavy atom. The van der Waals surface area contributed by atoms with Gasteiger partial charge in [-0.05, 0) is 24.3 Å². The maximum absolute atomic E-state index is 6.03. The van der Waals surface area contributed by atoms with Crippen molar-refractivity contribution in [2.45, 2.75) is 10.6 Å². The quantitative estimate of drug-likeness (QED) is 0.725. The lowest BCUT2D eigenvalue weighted by atomic mass is 10.1. The minimum atomic E-state index is 0.627. The van der Waals surface area contributed by atoms with E-state index < -0.39 is 0 Å². The van der Waals surface area contributed by atoms with Gasteiger partial charge in [0.2, 0.25) is 0 Å². The first-order valence-corrected chi connectivity index (χ1v) is 7.13. The lowest BCUT2D eigenvalue weighted by Gasteiger charge is -2.07. The molecule has 0 bridgehead atoms. The Labute approximate surface area is 116 Å². The second-order valence-electron chi connectivity index (χ2n) is 4.33. The van der Waals surface area contributed by atoms with Gasteiger partial charge in [0.15, 0.2) is 0 Å². The van der Waals surface area contributed by atoms with E-state index in [0.717, 1.165) is 22.2 Å². The molecule has 0 saturated carbocycles. The summed E-state index contributed by atoms with van der Waals surface area (Å²) in [6.45, 7) is 0. The van der Waals surface area contributed by atoms with Crippen LogP contribution in [0.15, 0.2) is 65.6 Å². The molecule has 0 aliphatic rings. The van der Waals surface area contributed by atoms with Crippen LogP contribution in [0, 0.1) is 0 Å². The number of nitrogens with zero attached hydrogens (tertiary/aromatic N) is 1. The fraction of sp³-hybridized carbons (Fsp3) is 0.0625. The van der Waals surface area contributed by atoms with Gasteiger partial charge in [0.05, 0.1) is 5.52 Å². The summed E-state index contributed by atoms with van der Waals surface area (Å²) in [6, 6.07) is 20.5. The first-order valence-electron chi connectivity index (χ1n) is 6.15. The van der Waals surface area contributed by atoms with Crippen molar-refractivity contribution in [3.05, 3.63) is 66.2 Å². The lowest BCUT2D eigenvalue weighted by molar-refractivity contribution is 1.31. The monoisotopic (exact) mass is 266 g/mol.